The first-order valence-corrected chi connectivity index (χ1v) is 5.44. The van der Waals surface area contributed by atoms with E-state index >= 15 is 0 Å². The Labute approximate surface area is 94.0 Å². The quantitative estimate of drug-likeness (QED) is 0.861. The van der Waals surface area contributed by atoms with Crippen LogP contribution in [0.1, 0.15) is 0 Å². The highest BCUT2D eigenvalue weighted by Gasteiger charge is 2.16. The van der Waals surface area contributed by atoms with Crippen LogP contribution < -0.4 is 5.32 Å². The lowest BCUT2D eigenvalue weighted by Crippen LogP contribution is -2.27. The van der Waals surface area contributed by atoms with Crippen molar-refractivity contribution in [1.82, 2.24) is 9.97 Å². The summed E-state index contributed by atoms with van der Waals surface area (Å²) in [4.78, 5) is 8.74. The molecule has 0 aromatic carbocycles. The maximum absolute atomic E-state index is 12.1. The molecule has 0 aliphatic heterocycles. The van der Waals surface area contributed by atoms with Crippen molar-refractivity contribution in [3.8, 4) is 0 Å². The summed E-state index contributed by atoms with van der Waals surface area (Å²) in [6.07, 6.45) is -3.09. The Morgan fingerprint density at radius 1 is 1.44 bits per heavy atom. The number of rotatable bonds is 4. The number of anilines is 1. The average Bonchev–Trinajstić information content (AvgIpc) is 2.73. The number of hydrogen-bond acceptors (Lipinski definition) is 5. The lowest BCUT2D eigenvalue weighted by Gasteiger charge is -2.11. The molecule has 0 bridgehead atoms. The zero-order valence-electron chi connectivity index (χ0n) is 8.10. The Morgan fingerprint density at radius 2 is 2.25 bits per heavy atom. The van der Waals surface area contributed by atoms with Crippen LogP contribution in [0.5, 0.6) is 0 Å². The predicted molar refractivity (Wildman–Crippen MR) is 57.9 cm³/mol. The van der Waals surface area contributed by atoms with Gasteiger partial charge in [0.25, 0.3) is 6.43 Å². The highest BCUT2D eigenvalue weighted by molar-refractivity contribution is 7.16. The molecule has 0 radical (unpaired) electrons. The standard InChI is InChI=1S/C9H9F2N3OS/c10-7(11)6(15)3-12-8-5-1-2-16-9(5)14-4-13-8/h1-2,4,6-7,15H,3H2,(H,12,13,14). The van der Waals surface area contributed by atoms with E-state index < -0.39 is 12.5 Å². The predicted octanol–water partition coefficient (Wildman–Crippen LogP) is 1.73. The minimum atomic E-state index is -2.76. The summed E-state index contributed by atoms with van der Waals surface area (Å²) in [7, 11) is 0. The number of thiophene rings is 1. The monoisotopic (exact) mass is 245 g/mol. The van der Waals surface area contributed by atoms with E-state index in [1.807, 2.05) is 5.38 Å². The van der Waals surface area contributed by atoms with Crippen LogP contribution in [0.15, 0.2) is 17.8 Å². The molecule has 1 atom stereocenters. The van der Waals surface area contributed by atoms with Crippen LogP contribution in [-0.2, 0) is 0 Å². The third kappa shape index (κ3) is 2.25. The molecule has 86 valence electrons. The van der Waals surface area contributed by atoms with Crippen molar-refractivity contribution in [2.75, 3.05) is 11.9 Å². The molecule has 2 aromatic heterocycles. The van der Waals surface area contributed by atoms with Gasteiger partial charge in [0.15, 0.2) is 0 Å². The second kappa shape index (κ2) is 4.67. The maximum atomic E-state index is 12.1. The third-order valence-electron chi connectivity index (χ3n) is 2.03. The van der Waals surface area contributed by atoms with Gasteiger partial charge in [-0.15, -0.1) is 11.3 Å². The summed E-state index contributed by atoms with van der Waals surface area (Å²) in [6.45, 7) is -0.236. The van der Waals surface area contributed by atoms with Crippen LogP contribution in [0.4, 0.5) is 14.6 Å². The molecule has 7 heteroatoms. The van der Waals surface area contributed by atoms with Gasteiger partial charge in [0.1, 0.15) is 23.1 Å². The van der Waals surface area contributed by atoms with Crippen molar-refractivity contribution in [3.63, 3.8) is 0 Å². The zero-order valence-corrected chi connectivity index (χ0v) is 8.92. The lowest BCUT2D eigenvalue weighted by atomic mass is 10.3. The molecule has 0 aliphatic rings. The van der Waals surface area contributed by atoms with Crippen molar-refractivity contribution < 1.29 is 13.9 Å². The van der Waals surface area contributed by atoms with Crippen molar-refractivity contribution in [3.05, 3.63) is 17.8 Å². The molecule has 1 unspecified atom stereocenters. The van der Waals surface area contributed by atoms with E-state index in [2.05, 4.69) is 15.3 Å². The topological polar surface area (TPSA) is 58.0 Å². The second-order valence-corrected chi connectivity index (χ2v) is 4.04. The number of nitrogens with one attached hydrogen (secondary N) is 1. The van der Waals surface area contributed by atoms with Gasteiger partial charge in [0.2, 0.25) is 0 Å². The first-order valence-electron chi connectivity index (χ1n) is 4.57. The Balaban J connectivity index is 2.12. The summed E-state index contributed by atoms with van der Waals surface area (Å²) in [5.41, 5.74) is 0. The molecular weight excluding hydrogens is 236 g/mol. The number of alkyl halides is 2. The van der Waals surface area contributed by atoms with E-state index in [4.69, 9.17) is 5.11 Å². The summed E-state index contributed by atoms with van der Waals surface area (Å²) in [5, 5.41) is 14.3. The molecule has 0 aliphatic carbocycles. The second-order valence-electron chi connectivity index (χ2n) is 3.14. The normalized spacial score (nSPS) is 13.2. The van der Waals surface area contributed by atoms with Gasteiger partial charge in [0, 0.05) is 6.54 Å². The minimum absolute atomic E-state index is 0.236. The van der Waals surface area contributed by atoms with Gasteiger partial charge in [-0.25, -0.2) is 18.7 Å². The van der Waals surface area contributed by atoms with Gasteiger partial charge < -0.3 is 10.4 Å². The smallest absolute Gasteiger partial charge is 0.265 e. The Hall–Kier alpha value is -1.34. The maximum Gasteiger partial charge on any atom is 0.265 e. The molecule has 2 N–H and O–H groups in total. The van der Waals surface area contributed by atoms with E-state index in [1.54, 1.807) is 6.07 Å². The highest BCUT2D eigenvalue weighted by Crippen LogP contribution is 2.23. The molecule has 0 fully saturated rings. The number of nitrogens with zero attached hydrogens (tertiary/aromatic N) is 2. The van der Waals surface area contributed by atoms with E-state index in [1.165, 1.54) is 17.7 Å². The van der Waals surface area contributed by atoms with Gasteiger partial charge in [-0.2, -0.15) is 0 Å². The Kier molecular flexibility index (Phi) is 3.25. The molecule has 16 heavy (non-hydrogen) atoms. The molecule has 2 aromatic rings. The molecule has 2 heterocycles. The van der Waals surface area contributed by atoms with Gasteiger partial charge in [-0.1, -0.05) is 0 Å². The van der Waals surface area contributed by atoms with E-state index in [0.29, 0.717) is 5.82 Å². The van der Waals surface area contributed by atoms with Crippen molar-refractivity contribution >= 4 is 27.4 Å². The molecule has 0 saturated heterocycles. The van der Waals surface area contributed by atoms with Gasteiger partial charge in [-0.3, -0.25) is 0 Å². The average molecular weight is 245 g/mol. The fraction of sp³-hybridized carbons (Fsp3) is 0.333. The number of hydrogen-bond donors (Lipinski definition) is 2. The van der Waals surface area contributed by atoms with E-state index in [0.717, 1.165) is 10.2 Å². The van der Waals surface area contributed by atoms with Crippen molar-refractivity contribution in [2.24, 2.45) is 0 Å². The van der Waals surface area contributed by atoms with Crippen LogP contribution in [0.2, 0.25) is 0 Å². The number of aromatic nitrogens is 2. The number of fused-ring (bicyclic) bond motifs is 1. The Morgan fingerprint density at radius 3 is 3.00 bits per heavy atom. The molecule has 0 amide bonds. The van der Waals surface area contributed by atoms with Crippen LogP contribution in [0.3, 0.4) is 0 Å². The van der Waals surface area contributed by atoms with E-state index in [-0.39, 0.29) is 6.54 Å². The molecule has 0 saturated carbocycles. The summed E-state index contributed by atoms with van der Waals surface area (Å²) >= 11 is 1.44. The zero-order chi connectivity index (χ0) is 11.5. The number of aliphatic hydroxyl groups excluding tert-OH is 1. The number of aliphatic hydroxyl groups is 1. The fourth-order valence-corrected chi connectivity index (χ4v) is 1.95. The molecular formula is C9H9F2N3OS. The van der Waals surface area contributed by atoms with Crippen LogP contribution in [0, 0.1) is 0 Å². The number of halogens is 2. The highest BCUT2D eigenvalue weighted by atomic mass is 32.1. The Bertz CT molecular complexity index is 476. The van der Waals surface area contributed by atoms with Gasteiger partial charge >= 0.3 is 0 Å². The first-order chi connectivity index (χ1) is 7.68. The summed E-state index contributed by atoms with van der Waals surface area (Å²) < 4.78 is 24.1. The fourth-order valence-electron chi connectivity index (χ4n) is 1.22. The van der Waals surface area contributed by atoms with Crippen molar-refractivity contribution in [1.29, 1.82) is 0 Å². The van der Waals surface area contributed by atoms with Crippen molar-refractivity contribution in [2.45, 2.75) is 12.5 Å². The van der Waals surface area contributed by atoms with Crippen LogP contribution in [0.25, 0.3) is 10.2 Å². The summed E-state index contributed by atoms with van der Waals surface area (Å²) in [5.74, 6) is 0.464. The van der Waals surface area contributed by atoms with Gasteiger partial charge in [-0.05, 0) is 11.4 Å². The molecule has 0 spiro atoms. The molecule has 4 nitrogen and oxygen atoms in total. The molecule has 2 rings (SSSR count). The first kappa shape index (κ1) is 11.2. The third-order valence-corrected chi connectivity index (χ3v) is 2.85. The summed E-state index contributed by atoms with van der Waals surface area (Å²) in [6, 6.07) is 1.80. The largest absolute Gasteiger partial charge is 0.385 e. The van der Waals surface area contributed by atoms with Gasteiger partial charge in [0.05, 0.1) is 5.39 Å². The minimum Gasteiger partial charge on any atom is -0.385 e. The van der Waals surface area contributed by atoms with Crippen LogP contribution in [-0.4, -0.2) is 34.1 Å². The van der Waals surface area contributed by atoms with E-state index in [9.17, 15) is 8.78 Å². The SMILES string of the molecule is OC(CNc1ncnc2sccc12)C(F)F. The van der Waals surface area contributed by atoms with Crippen LogP contribution >= 0.6 is 11.3 Å². The lowest BCUT2D eigenvalue weighted by molar-refractivity contribution is 0.00382.